The van der Waals surface area contributed by atoms with Gasteiger partial charge in [0.25, 0.3) is 0 Å². The third-order valence-electron chi connectivity index (χ3n) is 3.11. The number of ether oxygens (including phenoxy) is 2. The van der Waals surface area contributed by atoms with Crippen molar-refractivity contribution in [3.63, 3.8) is 0 Å². The highest BCUT2D eigenvalue weighted by atomic mass is 16.5. The summed E-state index contributed by atoms with van der Waals surface area (Å²) in [5.74, 6) is 0.684. The second-order valence-electron chi connectivity index (χ2n) is 4.21. The van der Waals surface area contributed by atoms with Gasteiger partial charge in [-0.1, -0.05) is 18.2 Å². The molecule has 0 radical (unpaired) electrons. The van der Waals surface area contributed by atoms with Crippen molar-refractivity contribution in [2.45, 2.75) is 6.42 Å². The number of esters is 1. The van der Waals surface area contributed by atoms with E-state index in [1.807, 2.05) is 24.3 Å². The lowest BCUT2D eigenvalue weighted by Gasteiger charge is -2.12. The number of hydrogen-bond acceptors (Lipinski definition) is 3. The molecule has 3 heteroatoms. The summed E-state index contributed by atoms with van der Waals surface area (Å²) in [5, 5.41) is 0. The Hall–Kier alpha value is -1.77. The van der Waals surface area contributed by atoms with Crippen LogP contribution < -0.4 is 4.74 Å². The van der Waals surface area contributed by atoms with Crippen LogP contribution in [-0.2, 0) is 16.0 Å². The number of hydrogen-bond donors (Lipinski definition) is 0. The summed E-state index contributed by atoms with van der Waals surface area (Å²) >= 11 is 0. The van der Waals surface area contributed by atoms with Crippen LogP contribution in [-0.4, -0.2) is 19.7 Å². The van der Waals surface area contributed by atoms with E-state index in [0.29, 0.717) is 6.61 Å². The van der Waals surface area contributed by atoms with Crippen molar-refractivity contribution in [2.75, 3.05) is 13.7 Å². The first-order valence-electron chi connectivity index (χ1n) is 5.66. The molecule has 0 aromatic heterocycles. The molecule has 17 heavy (non-hydrogen) atoms. The van der Waals surface area contributed by atoms with E-state index in [-0.39, 0.29) is 17.8 Å². The minimum absolute atomic E-state index is 0.159. The Labute approximate surface area is 101 Å². The van der Waals surface area contributed by atoms with Crippen molar-refractivity contribution < 1.29 is 14.3 Å². The Balaban J connectivity index is 2.10. The molecule has 1 fully saturated rings. The van der Waals surface area contributed by atoms with E-state index in [2.05, 4.69) is 6.58 Å². The summed E-state index contributed by atoms with van der Waals surface area (Å²) in [6, 6.07) is 7.88. The smallest absolute Gasteiger partial charge is 0.313 e. The van der Waals surface area contributed by atoms with E-state index in [1.165, 1.54) is 0 Å². The van der Waals surface area contributed by atoms with E-state index < -0.39 is 0 Å². The largest absolute Gasteiger partial charge is 0.497 e. The molecule has 1 aromatic carbocycles. The molecule has 0 amide bonds. The van der Waals surface area contributed by atoms with Gasteiger partial charge in [0.1, 0.15) is 5.75 Å². The van der Waals surface area contributed by atoms with E-state index >= 15 is 0 Å². The zero-order valence-corrected chi connectivity index (χ0v) is 9.89. The van der Waals surface area contributed by atoms with Crippen LogP contribution in [0.25, 0.3) is 0 Å². The van der Waals surface area contributed by atoms with E-state index in [9.17, 15) is 4.79 Å². The molecule has 0 spiro atoms. The van der Waals surface area contributed by atoms with Gasteiger partial charge in [0.05, 0.1) is 19.6 Å². The molecule has 3 nitrogen and oxygen atoms in total. The lowest BCUT2D eigenvalue weighted by Crippen LogP contribution is -2.15. The first-order valence-corrected chi connectivity index (χ1v) is 5.66. The van der Waals surface area contributed by atoms with Crippen molar-refractivity contribution in [3.05, 3.63) is 42.5 Å². The maximum Gasteiger partial charge on any atom is 0.313 e. The van der Waals surface area contributed by atoms with Crippen molar-refractivity contribution in [3.8, 4) is 5.75 Å². The van der Waals surface area contributed by atoms with Crippen molar-refractivity contribution >= 4 is 5.97 Å². The molecule has 0 aliphatic carbocycles. The summed E-state index contributed by atoms with van der Waals surface area (Å²) in [6.45, 7) is 4.17. The summed E-state index contributed by atoms with van der Waals surface area (Å²) in [7, 11) is 1.65. The average Bonchev–Trinajstić information content (AvgIpc) is 2.70. The van der Waals surface area contributed by atoms with Crippen LogP contribution in [0, 0.1) is 11.8 Å². The predicted octanol–water partition coefficient (Wildman–Crippen LogP) is 2.21. The molecule has 90 valence electrons. The molecule has 1 aliphatic heterocycles. The fourth-order valence-electron chi connectivity index (χ4n) is 2.16. The minimum Gasteiger partial charge on any atom is -0.497 e. The van der Waals surface area contributed by atoms with Crippen molar-refractivity contribution in [1.82, 2.24) is 0 Å². The highest BCUT2D eigenvalue weighted by Gasteiger charge is 2.34. The van der Waals surface area contributed by atoms with Crippen LogP contribution in [0.1, 0.15) is 5.56 Å². The van der Waals surface area contributed by atoms with Gasteiger partial charge in [0, 0.05) is 5.92 Å². The van der Waals surface area contributed by atoms with Crippen LogP contribution in [0.2, 0.25) is 0 Å². The number of rotatable bonds is 4. The monoisotopic (exact) mass is 232 g/mol. The summed E-state index contributed by atoms with van der Waals surface area (Å²) in [4.78, 5) is 11.4. The van der Waals surface area contributed by atoms with E-state index in [1.54, 1.807) is 13.2 Å². The molecule has 2 rings (SSSR count). The van der Waals surface area contributed by atoms with Gasteiger partial charge >= 0.3 is 5.97 Å². The van der Waals surface area contributed by atoms with Gasteiger partial charge in [0.15, 0.2) is 0 Å². The molecule has 1 aliphatic rings. The Kier molecular flexibility index (Phi) is 3.47. The fraction of sp³-hybridized carbons (Fsp3) is 0.357. The van der Waals surface area contributed by atoms with Crippen molar-refractivity contribution in [2.24, 2.45) is 11.8 Å². The van der Waals surface area contributed by atoms with E-state index in [0.717, 1.165) is 17.7 Å². The standard InChI is InChI=1S/C14H16O3/c1-3-13-11(9-17-14(13)15)7-10-5-4-6-12(8-10)16-2/h3-6,8,11,13H,1,7,9H2,2H3/t11-,13+/m1/s1. The average molecular weight is 232 g/mol. The number of benzene rings is 1. The van der Waals surface area contributed by atoms with Crippen molar-refractivity contribution in [1.29, 1.82) is 0 Å². The van der Waals surface area contributed by atoms with Gasteiger partial charge in [-0.15, -0.1) is 6.58 Å². The number of carbonyl (C=O) groups is 1. The maximum absolute atomic E-state index is 11.4. The molecule has 1 heterocycles. The molecular weight excluding hydrogens is 216 g/mol. The molecule has 0 saturated carbocycles. The fourth-order valence-corrected chi connectivity index (χ4v) is 2.16. The zero-order valence-electron chi connectivity index (χ0n) is 9.89. The Morgan fingerprint density at radius 3 is 3.12 bits per heavy atom. The van der Waals surface area contributed by atoms with Crippen LogP contribution in [0.15, 0.2) is 36.9 Å². The molecule has 2 atom stereocenters. The minimum atomic E-state index is -0.179. The third-order valence-corrected chi connectivity index (χ3v) is 3.11. The van der Waals surface area contributed by atoms with Gasteiger partial charge in [-0.25, -0.2) is 0 Å². The lowest BCUT2D eigenvalue weighted by atomic mass is 9.89. The topological polar surface area (TPSA) is 35.5 Å². The molecule has 0 N–H and O–H groups in total. The summed E-state index contributed by atoms with van der Waals surface area (Å²) in [5.41, 5.74) is 1.15. The number of methoxy groups -OCH3 is 1. The lowest BCUT2D eigenvalue weighted by molar-refractivity contribution is -0.140. The van der Waals surface area contributed by atoms with Crippen LogP contribution >= 0.6 is 0 Å². The van der Waals surface area contributed by atoms with Gasteiger partial charge in [-0.05, 0) is 24.1 Å². The summed E-state index contributed by atoms with van der Waals surface area (Å²) < 4.78 is 10.2. The molecule has 1 saturated heterocycles. The maximum atomic E-state index is 11.4. The molecule has 0 bridgehead atoms. The quantitative estimate of drug-likeness (QED) is 0.590. The molecule has 1 aromatic rings. The molecule has 0 unspecified atom stereocenters. The molecular formula is C14H16O3. The normalized spacial score (nSPS) is 23.2. The SMILES string of the molecule is C=C[C@@H]1C(=O)OC[C@H]1Cc1cccc(OC)c1. The van der Waals surface area contributed by atoms with Crippen LogP contribution in [0.5, 0.6) is 5.75 Å². The van der Waals surface area contributed by atoms with Crippen LogP contribution in [0.4, 0.5) is 0 Å². The second kappa shape index (κ2) is 5.04. The number of cyclic esters (lactones) is 1. The first kappa shape index (κ1) is 11.7. The van der Waals surface area contributed by atoms with E-state index in [4.69, 9.17) is 9.47 Å². The highest BCUT2D eigenvalue weighted by Crippen LogP contribution is 2.27. The highest BCUT2D eigenvalue weighted by molar-refractivity contribution is 5.76. The zero-order chi connectivity index (χ0) is 12.3. The van der Waals surface area contributed by atoms with Gasteiger partial charge < -0.3 is 9.47 Å². The van der Waals surface area contributed by atoms with Gasteiger partial charge in [0.2, 0.25) is 0 Å². The Morgan fingerprint density at radius 1 is 1.59 bits per heavy atom. The van der Waals surface area contributed by atoms with Gasteiger partial charge in [-0.2, -0.15) is 0 Å². The summed E-state index contributed by atoms with van der Waals surface area (Å²) in [6.07, 6.45) is 2.49. The van der Waals surface area contributed by atoms with Crippen LogP contribution in [0.3, 0.4) is 0 Å². The third kappa shape index (κ3) is 2.49. The number of carbonyl (C=O) groups excluding carboxylic acids is 1. The second-order valence-corrected chi connectivity index (χ2v) is 4.21. The van der Waals surface area contributed by atoms with Gasteiger partial charge in [-0.3, -0.25) is 4.79 Å². The Morgan fingerprint density at radius 2 is 2.41 bits per heavy atom. The predicted molar refractivity (Wildman–Crippen MR) is 64.8 cm³/mol. The Bertz CT molecular complexity index is 425. The first-order chi connectivity index (χ1) is 8.24.